The van der Waals surface area contributed by atoms with Gasteiger partial charge in [0.15, 0.2) is 35.1 Å². The zero-order valence-electron chi connectivity index (χ0n) is 20.4. The van der Waals surface area contributed by atoms with Gasteiger partial charge in [-0.05, 0) is 36.4 Å². The molecule has 4 rings (SSSR count). The van der Waals surface area contributed by atoms with Crippen molar-refractivity contribution in [1.29, 1.82) is 0 Å². The van der Waals surface area contributed by atoms with Gasteiger partial charge < -0.3 is 20.7 Å². The Balaban J connectivity index is 1.79. The lowest BCUT2D eigenvalue weighted by Gasteiger charge is -2.15. The molecule has 0 aliphatic heterocycles. The lowest BCUT2D eigenvalue weighted by Crippen LogP contribution is -2.37. The van der Waals surface area contributed by atoms with Crippen molar-refractivity contribution in [2.24, 2.45) is 5.73 Å². The summed E-state index contributed by atoms with van der Waals surface area (Å²) in [6.45, 7) is -2.52. The molecule has 0 fully saturated rings. The Labute approximate surface area is 230 Å². The molecule has 0 aliphatic carbocycles. The highest BCUT2D eigenvalue weighted by Crippen LogP contribution is 2.29. The molecule has 2 atom stereocenters. The third kappa shape index (κ3) is 6.84. The number of rotatable bonds is 9. The zero-order valence-corrected chi connectivity index (χ0v) is 21.1. The number of aromatic nitrogens is 7. The van der Waals surface area contributed by atoms with Gasteiger partial charge >= 0.3 is 18.2 Å². The molecular formula is C22H19ClF6N8O4. The first-order chi connectivity index (χ1) is 19.2. The van der Waals surface area contributed by atoms with Crippen LogP contribution < -0.4 is 16.2 Å². The lowest BCUT2D eigenvalue weighted by atomic mass is 10.2. The van der Waals surface area contributed by atoms with Crippen molar-refractivity contribution in [1.82, 2.24) is 34.1 Å². The van der Waals surface area contributed by atoms with E-state index in [9.17, 15) is 41.4 Å². The molecule has 41 heavy (non-hydrogen) atoms. The number of halogens is 7. The number of ether oxygens (including phenoxy) is 1. The maximum Gasteiger partial charge on any atom is 0.573 e. The predicted octanol–water partition coefficient (Wildman–Crippen LogP) is 2.20. The van der Waals surface area contributed by atoms with Crippen molar-refractivity contribution in [3.63, 3.8) is 0 Å². The SMILES string of the molecule is NC(CO)c1nc(Cn2nc(-c3ccc(Cl)cc3)n(CC(O)C(F)(F)F)c2=O)nn1-c1ncccc1OC(F)(F)F. The van der Waals surface area contributed by atoms with Gasteiger partial charge in [-0.25, -0.2) is 19.4 Å². The van der Waals surface area contributed by atoms with Gasteiger partial charge in [-0.1, -0.05) is 11.6 Å². The monoisotopic (exact) mass is 608 g/mol. The number of hydrogen-bond donors (Lipinski definition) is 3. The predicted molar refractivity (Wildman–Crippen MR) is 128 cm³/mol. The Morgan fingerprint density at radius 3 is 2.37 bits per heavy atom. The van der Waals surface area contributed by atoms with Crippen LogP contribution in [0.3, 0.4) is 0 Å². The molecule has 4 aromatic rings. The lowest BCUT2D eigenvalue weighted by molar-refractivity contribution is -0.274. The summed E-state index contributed by atoms with van der Waals surface area (Å²) in [5.74, 6) is -2.09. The molecule has 0 amide bonds. The van der Waals surface area contributed by atoms with Crippen LogP contribution in [0.2, 0.25) is 5.02 Å². The summed E-state index contributed by atoms with van der Waals surface area (Å²) in [6.07, 6.45) is -11.9. The summed E-state index contributed by atoms with van der Waals surface area (Å²) < 4.78 is 84.3. The molecule has 0 spiro atoms. The average molecular weight is 609 g/mol. The van der Waals surface area contributed by atoms with Crippen LogP contribution in [0, 0.1) is 0 Å². The standard InChI is InChI=1S/C22H19ClF6N8O4/c23-12-5-3-11(4-6-12)17-34-36(20(40)35(17)8-15(39)21(24,25)26)9-16-32-18(13(30)10-38)37(33-16)19-14(2-1-7-31-19)41-22(27,28)29/h1-7,13,15,38-39H,8-10,30H2. The molecule has 0 bridgehead atoms. The van der Waals surface area contributed by atoms with Crippen LogP contribution in [0.4, 0.5) is 26.3 Å². The number of nitrogens with two attached hydrogens (primary N) is 1. The number of aliphatic hydroxyl groups is 2. The summed E-state index contributed by atoms with van der Waals surface area (Å²) >= 11 is 5.87. The highest BCUT2D eigenvalue weighted by molar-refractivity contribution is 6.30. The van der Waals surface area contributed by atoms with E-state index in [4.69, 9.17) is 17.3 Å². The smallest absolute Gasteiger partial charge is 0.402 e. The fourth-order valence-corrected chi connectivity index (χ4v) is 3.72. The highest BCUT2D eigenvalue weighted by Gasteiger charge is 2.39. The first-order valence-electron chi connectivity index (χ1n) is 11.4. The molecule has 0 saturated heterocycles. The minimum Gasteiger partial charge on any atom is -0.402 e. The van der Waals surface area contributed by atoms with Crippen LogP contribution >= 0.6 is 11.6 Å². The summed E-state index contributed by atoms with van der Waals surface area (Å²) in [6, 6.07) is 6.42. The van der Waals surface area contributed by atoms with Crippen molar-refractivity contribution in [2.75, 3.05) is 6.61 Å². The van der Waals surface area contributed by atoms with Crippen molar-refractivity contribution < 1.29 is 41.3 Å². The van der Waals surface area contributed by atoms with E-state index in [1.165, 1.54) is 24.3 Å². The van der Waals surface area contributed by atoms with Gasteiger partial charge in [0.25, 0.3) is 0 Å². The highest BCUT2D eigenvalue weighted by atomic mass is 35.5. The van der Waals surface area contributed by atoms with E-state index in [1.54, 1.807) is 0 Å². The summed E-state index contributed by atoms with van der Waals surface area (Å²) in [5.41, 5.74) is 4.95. The Morgan fingerprint density at radius 2 is 1.76 bits per heavy atom. The van der Waals surface area contributed by atoms with Crippen molar-refractivity contribution in [3.05, 3.63) is 69.8 Å². The second-order valence-electron chi connectivity index (χ2n) is 8.40. The molecule has 3 aromatic heterocycles. The molecule has 12 nitrogen and oxygen atoms in total. The van der Waals surface area contributed by atoms with Crippen molar-refractivity contribution >= 4 is 11.6 Å². The van der Waals surface area contributed by atoms with Gasteiger partial charge in [0.1, 0.15) is 6.54 Å². The number of hydrogen-bond acceptors (Lipinski definition) is 9. The van der Waals surface area contributed by atoms with Gasteiger partial charge in [0, 0.05) is 16.8 Å². The Kier molecular flexibility index (Phi) is 8.39. The molecule has 3 heterocycles. The Hall–Kier alpha value is -4.00. The van der Waals surface area contributed by atoms with E-state index < -0.39 is 61.6 Å². The topological polar surface area (TPSA) is 159 Å². The summed E-state index contributed by atoms with van der Waals surface area (Å²) in [4.78, 5) is 21.1. The van der Waals surface area contributed by atoms with E-state index in [1.807, 2.05) is 0 Å². The molecular weight excluding hydrogens is 590 g/mol. The van der Waals surface area contributed by atoms with Crippen LogP contribution in [-0.4, -0.2) is 69.6 Å². The second-order valence-corrected chi connectivity index (χ2v) is 8.84. The minimum absolute atomic E-state index is 0.184. The van der Waals surface area contributed by atoms with Gasteiger partial charge in [-0.2, -0.15) is 17.9 Å². The van der Waals surface area contributed by atoms with Crippen LogP contribution in [0.5, 0.6) is 5.75 Å². The van der Waals surface area contributed by atoms with Crippen LogP contribution in [0.1, 0.15) is 17.7 Å². The molecule has 220 valence electrons. The average Bonchev–Trinajstić information content (AvgIpc) is 3.44. The van der Waals surface area contributed by atoms with Gasteiger partial charge in [0.05, 0.1) is 19.2 Å². The second kappa shape index (κ2) is 11.5. The summed E-state index contributed by atoms with van der Waals surface area (Å²) in [7, 11) is 0. The van der Waals surface area contributed by atoms with Crippen LogP contribution in [-0.2, 0) is 13.1 Å². The van der Waals surface area contributed by atoms with Gasteiger partial charge in [-0.15, -0.1) is 23.4 Å². The number of alkyl halides is 6. The van der Waals surface area contributed by atoms with Gasteiger partial charge in [0.2, 0.25) is 0 Å². The number of nitrogens with zero attached hydrogens (tertiary/aromatic N) is 7. The largest absolute Gasteiger partial charge is 0.573 e. The Morgan fingerprint density at radius 1 is 1.07 bits per heavy atom. The number of aliphatic hydroxyl groups excluding tert-OH is 2. The zero-order chi connectivity index (χ0) is 30.1. The van der Waals surface area contributed by atoms with Crippen molar-refractivity contribution in [2.45, 2.75) is 37.8 Å². The molecule has 0 saturated carbocycles. The fraction of sp³-hybridized carbons (Fsp3) is 0.318. The number of pyridine rings is 1. The first kappa shape index (κ1) is 30.0. The van der Waals surface area contributed by atoms with Crippen LogP contribution in [0.25, 0.3) is 17.2 Å². The maximum atomic E-state index is 13.1. The third-order valence-corrected chi connectivity index (χ3v) is 5.68. The summed E-state index contributed by atoms with van der Waals surface area (Å²) in [5, 5.41) is 27.6. The van der Waals surface area contributed by atoms with E-state index in [-0.39, 0.29) is 23.0 Å². The number of benzene rings is 1. The normalized spacial score (nSPS) is 13.8. The fourth-order valence-electron chi connectivity index (χ4n) is 3.59. The first-order valence-corrected chi connectivity index (χ1v) is 11.8. The van der Waals surface area contributed by atoms with E-state index in [0.29, 0.717) is 14.3 Å². The molecule has 0 radical (unpaired) electrons. The van der Waals surface area contributed by atoms with E-state index in [2.05, 4.69) is 24.9 Å². The van der Waals surface area contributed by atoms with E-state index in [0.717, 1.165) is 23.0 Å². The third-order valence-electron chi connectivity index (χ3n) is 5.43. The quantitative estimate of drug-likeness (QED) is 0.242. The molecule has 0 aliphatic rings. The molecule has 4 N–H and O–H groups in total. The minimum atomic E-state index is -5.10. The Bertz CT molecular complexity index is 1570. The van der Waals surface area contributed by atoms with Crippen molar-refractivity contribution in [3.8, 4) is 23.0 Å². The molecule has 2 unspecified atom stereocenters. The van der Waals surface area contributed by atoms with E-state index >= 15 is 0 Å². The molecule has 1 aromatic carbocycles. The van der Waals surface area contributed by atoms with Crippen LogP contribution in [0.15, 0.2) is 47.4 Å². The maximum absolute atomic E-state index is 13.1. The van der Waals surface area contributed by atoms with Gasteiger partial charge in [-0.3, -0.25) is 4.57 Å². The molecule has 19 heteroatoms.